The first-order valence-electron chi connectivity index (χ1n) is 5.50. The second-order valence-corrected chi connectivity index (χ2v) is 4.24. The molecule has 19 heavy (non-hydrogen) atoms. The number of aliphatic hydroxyl groups excluding tert-OH is 1. The largest absolute Gasteiger partial charge is 0.483 e. The van der Waals surface area contributed by atoms with Gasteiger partial charge in [-0.1, -0.05) is 17.7 Å². The van der Waals surface area contributed by atoms with Crippen LogP contribution >= 0.6 is 11.6 Å². The van der Waals surface area contributed by atoms with Gasteiger partial charge in [-0.3, -0.25) is 4.79 Å². The molecular weight excluding hydrogens is 273 g/mol. The van der Waals surface area contributed by atoms with E-state index in [9.17, 15) is 9.18 Å². The maximum Gasteiger partial charge on any atom is 0.223 e. The molecule has 6 heteroatoms. The van der Waals surface area contributed by atoms with Gasteiger partial charge in [0.1, 0.15) is 12.4 Å². The first-order chi connectivity index (χ1) is 9.11. The van der Waals surface area contributed by atoms with Gasteiger partial charge in [0, 0.05) is 23.5 Å². The molecule has 0 saturated carbocycles. The number of nitrogens with one attached hydrogen (secondary N) is 1. The van der Waals surface area contributed by atoms with Gasteiger partial charge >= 0.3 is 0 Å². The van der Waals surface area contributed by atoms with Gasteiger partial charge < -0.3 is 14.8 Å². The molecule has 0 saturated heterocycles. The van der Waals surface area contributed by atoms with E-state index in [-0.39, 0.29) is 29.5 Å². The zero-order chi connectivity index (χ0) is 13.8. The van der Waals surface area contributed by atoms with E-state index in [0.29, 0.717) is 5.69 Å². The van der Waals surface area contributed by atoms with Crippen LogP contribution in [0.3, 0.4) is 0 Å². The van der Waals surface area contributed by atoms with E-state index in [0.717, 1.165) is 0 Å². The number of hydrogen-bond donors (Lipinski definition) is 2. The van der Waals surface area contributed by atoms with Crippen molar-refractivity contribution in [1.82, 2.24) is 4.98 Å². The highest BCUT2D eigenvalue weighted by atomic mass is 35.5. The van der Waals surface area contributed by atoms with Crippen LogP contribution in [0.2, 0.25) is 5.02 Å². The van der Waals surface area contributed by atoms with Crippen molar-refractivity contribution < 1.29 is 14.2 Å². The number of aromatic amines is 1. The number of H-pyrrole nitrogens is 1. The summed E-state index contributed by atoms with van der Waals surface area (Å²) in [6, 6.07) is 5.52. The van der Waals surface area contributed by atoms with Gasteiger partial charge in [-0.25, -0.2) is 4.39 Å². The van der Waals surface area contributed by atoms with Crippen LogP contribution in [0, 0.1) is 5.82 Å². The number of rotatable bonds is 4. The van der Waals surface area contributed by atoms with Gasteiger partial charge in [-0.15, -0.1) is 0 Å². The lowest BCUT2D eigenvalue weighted by molar-refractivity contribution is 0.274. The van der Waals surface area contributed by atoms with Crippen LogP contribution in [0.5, 0.6) is 5.75 Å². The van der Waals surface area contributed by atoms with Crippen molar-refractivity contribution in [3.63, 3.8) is 0 Å². The lowest BCUT2D eigenvalue weighted by atomic mass is 10.2. The minimum Gasteiger partial charge on any atom is -0.483 e. The molecule has 0 aliphatic carbocycles. The van der Waals surface area contributed by atoms with Crippen LogP contribution in [0.25, 0.3) is 0 Å². The Bertz CT molecular complexity index is 622. The Morgan fingerprint density at radius 1 is 1.42 bits per heavy atom. The van der Waals surface area contributed by atoms with Crippen LogP contribution in [-0.2, 0) is 13.2 Å². The lowest BCUT2D eigenvalue weighted by Gasteiger charge is -2.08. The summed E-state index contributed by atoms with van der Waals surface area (Å²) in [6.07, 6.45) is 1.32. The molecule has 4 nitrogen and oxygen atoms in total. The third-order valence-corrected chi connectivity index (χ3v) is 2.89. The summed E-state index contributed by atoms with van der Waals surface area (Å²) in [5, 5.41) is 9.09. The topological polar surface area (TPSA) is 62.3 Å². The van der Waals surface area contributed by atoms with Crippen molar-refractivity contribution in [3.05, 3.63) is 62.8 Å². The molecule has 0 unspecified atom stereocenters. The van der Waals surface area contributed by atoms with Crippen LogP contribution in [0.15, 0.2) is 35.3 Å². The molecule has 0 atom stereocenters. The molecule has 2 aromatic rings. The normalized spacial score (nSPS) is 10.5. The Hall–Kier alpha value is -1.85. The van der Waals surface area contributed by atoms with Gasteiger partial charge in [0.05, 0.1) is 11.6 Å². The van der Waals surface area contributed by atoms with E-state index >= 15 is 0 Å². The third kappa shape index (κ3) is 3.13. The van der Waals surface area contributed by atoms with Crippen molar-refractivity contribution in [1.29, 1.82) is 0 Å². The fraction of sp³-hybridized carbons (Fsp3) is 0.154. The fourth-order valence-corrected chi connectivity index (χ4v) is 1.74. The van der Waals surface area contributed by atoms with Crippen molar-refractivity contribution in [2.75, 3.05) is 0 Å². The minimum absolute atomic E-state index is 0.0384. The number of hydrogen-bond acceptors (Lipinski definition) is 3. The number of pyridine rings is 1. The van der Waals surface area contributed by atoms with E-state index in [1.807, 2.05) is 0 Å². The Morgan fingerprint density at radius 2 is 2.21 bits per heavy atom. The number of aromatic nitrogens is 1. The molecule has 0 aliphatic heterocycles. The monoisotopic (exact) mass is 283 g/mol. The number of benzene rings is 1. The predicted octanol–water partition coefficient (Wildman–Crippen LogP) is 2.24. The molecule has 0 aliphatic rings. The summed E-state index contributed by atoms with van der Waals surface area (Å²) in [4.78, 5) is 14.3. The van der Waals surface area contributed by atoms with Crippen LogP contribution in [0.1, 0.15) is 11.3 Å². The van der Waals surface area contributed by atoms with Crippen LogP contribution in [0.4, 0.5) is 4.39 Å². The van der Waals surface area contributed by atoms with Crippen molar-refractivity contribution in [2.45, 2.75) is 13.2 Å². The highest BCUT2D eigenvalue weighted by Gasteiger charge is 2.09. The molecule has 0 spiro atoms. The zero-order valence-electron chi connectivity index (χ0n) is 9.82. The standard InChI is InChI=1S/C13H11ClFNO3/c14-10-2-1-3-11(15)9(10)7-19-13-5-16-8(6-17)4-12(13)18/h1-5,17H,6-7H2,(H,16,18). The Labute approximate surface area is 113 Å². The smallest absolute Gasteiger partial charge is 0.223 e. The summed E-state index contributed by atoms with van der Waals surface area (Å²) in [7, 11) is 0. The van der Waals surface area contributed by atoms with E-state index in [4.69, 9.17) is 21.4 Å². The average molecular weight is 284 g/mol. The summed E-state index contributed by atoms with van der Waals surface area (Å²) in [5.41, 5.74) is 0.173. The summed E-state index contributed by atoms with van der Waals surface area (Å²) >= 11 is 5.84. The second-order valence-electron chi connectivity index (χ2n) is 3.83. The molecule has 2 N–H and O–H groups in total. The van der Waals surface area contributed by atoms with Gasteiger partial charge in [0.15, 0.2) is 5.75 Å². The number of ether oxygens (including phenoxy) is 1. The summed E-state index contributed by atoms with van der Waals surface area (Å²) < 4.78 is 18.7. The van der Waals surface area contributed by atoms with Crippen LogP contribution in [-0.4, -0.2) is 10.1 Å². The Kier molecular flexibility index (Phi) is 4.19. The molecule has 2 rings (SSSR count). The average Bonchev–Trinajstić information content (AvgIpc) is 2.39. The van der Waals surface area contributed by atoms with E-state index in [1.54, 1.807) is 6.07 Å². The van der Waals surface area contributed by atoms with Gasteiger partial charge in [0.2, 0.25) is 5.43 Å². The molecule has 0 bridgehead atoms. The van der Waals surface area contributed by atoms with Crippen molar-refractivity contribution >= 4 is 11.6 Å². The molecule has 0 fully saturated rings. The molecule has 1 heterocycles. The predicted molar refractivity (Wildman–Crippen MR) is 68.7 cm³/mol. The lowest BCUT2D eigenvalue weighted by Crippen LogP contribution is -2.10. The maximum absolute atomic E-state index is 13.5. The van der Waals surface area contributed by atoms with E-state index in [1.165, 1.54) is 24.4 Å². The molecule has 0 amide bonds. The summed E-state index contributed by atoms with van der Waals surface area (Å²) in [5.74, 6) is -0.451. The van der Waals surface area contributed by atoms with E-state index < -0.39 is 11.2 Å². The maximum atomic E-state index is 13.5. The molecule has 100 valence electrons. The number of halogens is 2. The first-order valence-corrected chi connectivity index (χ1v) is 5.87. The van der Waals surface area contributed by atoms with E-state index in [2.05, 4.69) is 4.98 Å². The molecule has 1 aromatic carbocycles. The third-order valence-electron chi connectivity index (χ3n) is 2.54. The molecule has 0 radical (unpaired) electrons. The second kappa shape index (κ2) is 5.86. The quantitative estimate of drug-likeness (QED) is 0.904. The van der Waals surface area contributed by atoms with Crippen molar-refractivity contribution in [3.8, 4) is 5.75 Å². The fourth-order valence-electron chi connectivity index (χ4n) is 1.52. The minimum atomic E-state index is -0.490. The van der Waals surface area contributed by atoms with Gasteiger partial charge in [-0.05, 0) is 12.1 Å². The molecular formula is C13H11ClFNO3. The Balaban J connectivity index is 2.17. The zero-order valence-corrected chi connectivity index (χ0v) is 10.6. The SMILES string of the molecule is O=c1cc(CO)[nH]cc1OCc1c(F)cccc1Cl. The first kappa shape index (κ1) is 13.6. The highest BCUT2D eigenvalue weighted by molar-refractivity contribution is 6.31. The van der Waals surface area contributed by atoms with Gasteiger partial charge in [0.25, 0.3) is 0 Å². The van der Waals surface area contributed by atoms with Gasteiger partial charge in [-0.2, -0.15) is 0 Å². The number of aliphatic hydroxyl groups is 1. The van der Waals surface area contributed by atoms with Crippen LogP contribution < -0.4 is 10.2 Å². The molecule has 1 aromatic heterocycles. The van der Waals surface area contributed by atoms with Crippen molar-refractivity contribution in [2.24, 2.45) is 0 Å². The highest BCUT2D eigenvalue weighted by Crippen LogP contribution is 2.20. The summed E-state index contributed by atoms with van der Waals surface area (Å²) in [6.45, 7) is -0.415. The Morgan fingerprint density at radius 3 is 2.84 bits per heavy atom.